The molecule has 1 atom stereocenters. The maximum atomic E-state index is 6.44. The van der Waals surface area contributed by atoms with Crippen molar-refractivity contribution in [2.75, 3.05) is 7.11 Å². The largest absolute Gasteiger partial charge is 0.496 e. The number of methoxy groups -OCH3 is 1. The number of benzene rings is 1. The van der Waals surface area contributed by atoms with Gasteiger partial charge in [0.25, 0.3) is 0 Å². The second-order valence-electron chi connectivity index (χ2n) is 5.44. The van der Waals surface area contributed by atoms with E-state index in [1.165, 1.54) is 37.7 Å². The van der Waals surface area contributed by atoms with Crippen LogP contribution in [0.3, 0.4) is 0 Å². The van der Waals surface area contributed by atoms with Crippen molar-refractivity contribution in [3.8, 4) is 5.75 Å². The Kier molecular flexibility index (Phi) is 5.03. The average molecular weight is 259 g/mol. The fourth-order valence-electron chi connectivity index (χ4n) is 2.74. The van der Waals surface area contributed by atoms with Crippen molar-refractivity contribution in [3.63, 3.8) is 0 Å². The summed E-state index contributed by atoms with van der Waals surface area (Å²) in [5, 5.41) is 0. The fourth-order valence-corrected chi connectivity index (χ4v) is 2.74. The molecular weight excluding hydrogens is 234 g/mol. The summed E-state index contributed by atoms with van der Waals surface area (Å²) in [6.07, 6.45) is 9.92. The monoisotopic (exact) mass is 259 g/mol. The molecule has 0 saturated carbocycles. The highest BCUT2D eigenvalue weighted by atomic mass is 16.5. The van der Waals surface area contributed by atoms with Gasteiger partial charge >= 0.3 is 0 Å². The highest BCUT2D eigenvalue weighted by Gasteiger charge is 2.14. The quantitative estimate of drug-likeness (QED) is 0.822. The molecular formula is C17H25NO. The van der Waals surface area contributed by atoms with Gasteiger partial charge in [-0.2, -0.15) is 0 Å². The molecule has 0 bridgehead atoms. The Morgan fingerprint density at radius 1 is 1.16 bits per heavy atom. The number of nitrogens with two attached hydrogens (primary N) is 1. The highest BCUT2D eigenvalue weighted by Crippen LogP contribution is 2.29. The van der Waals surface area contributed by atoms with E-state index in [0.717, 1.165) is 23.3 Å². The number of allylic oxidation sites excluding steroid dienone is 1. The molecule has 2 rings (SSSR count). The number of hydrogen-bond acceptors (Lipinski definition) is 2. The molecule has 0 spiro atoms. The van der Waals surface area contributed by atoms with E-state index >= 15 is 0 Å². The molecule has 2 nitrogen and oxygen atoms in total. The Morgan fingerprint density at radius 3 is 2.74 bits per heavy atom. The number of ether oxygens (including phenoxy) is 1. The second kappa shape index (κ2) is 6.76. The molecule has 0 fully saturated rings. The lowest BCUT2D eigenvalue weighted by molar-refractivity contribution is 0.411. The summed E-state index contributed by atoms with van der Waals surface area (Å²) in [7, 11) is 1.71. The molecule has 1 aliphatic carbocycles. The molecule has 0 heterocycles. The van der Waals surface area contributed by atoms with Crippen molar-refractivity contribution in [1.82, 2.24) is 0 Å². The molecule has 104 valence electrons. The third-order valence-electron chi connectivity index (χ3n) is 4.02. The van der Waals surface area contributed by atoms with Crippen molar-refractivity contribution in [1.29, 1.82) is 0 Å². The predicted octanol–water partition coefficient (Wildman–Crippen LogP) is 4.28. The summed E-state index contributed by atoms with van der Waals surface area (Å²) >= 11 is 0. The van der Waals surface area contributed by atoms with Gasteiger partial charge in [-0.05, 0) is 49.8 Å². The Balaban J connectivity index is 2.19. The summed E-state index contributed by atoms with van der Waals surface area (Å²) in [6, 6.07) is 6.33. The summed E-state index contributed by atoms with van der Waals surface area (Å²) in [5.41, 5.74) is 10.2. The number of hydrogen-bond donors (Lipinski definition) is 1. The van der Waals surface area contributed by atoms with Crippen molar-refractivity contribution >= 4 is 0 Å². The zero-order valence-corrected chi connectivity index (χ0v) is 12.1. The van der Waals surface area contributed by atoms with Crippen molar-refractivity contribution in [2.24, 2.45) is 5.73 Å². The van der Waals surface area contributed by atoms with Crippen LogP contribution in [0.2, 0.25) is 0 Å². The average Bonchev–Trinajstić information content (AvgIpc) is 2.38. The smallest absolute Gasteiger partial charge is 0.122 e. The first-order chi connectivity index (χ1) is 9.22. The van der Waals surface area contributed by atoms with E-state index in [1.54, 1.807) is 7.11 Å². The van der Waals surface area contributed by atoms with Gasteiger partial charge in [0.1, 0.15) is 5.75 Å². The summed E-state index contributed by atoms with van der Waals surface area (Å²) in [6.45, 7) is 2.06. The van der Waals surface area contributed by atoms with E-state index in [1.807, 2.05) is 0 Å². The van der Waals surface area contributed by atoms with Crippen LogP contribution < -0.4 is 10.5 Å². The molecule has 0 aromatic heterocycles. The molecule has 1 unspecified atom stereocenters. The SMILES string of the molecule is COc1cc(C(N)/C2=C/CCCCCC2)ccc1C. The van der Waals surface area contributed by atoms with Crippen LogP contribution in [0.15, 0.2) is 29.8 Å². The molecule has 2 N–H and O–H groups in total. The molecule has 1 aliphatic rings. The molecule has 1 aromatic rings. The molecule has 1 aromatic carbocycles. The summed E-state index contributed by atoms with van der Waals surface area (Å²) in [4.78, 5) is 0. The minimum absolute atomic E-state index is 0.0209. The molecule has 0 radical (unpaired) electrons. The van der Waals surface area contributed by atoms with Gasteiger partial charge in [-0.25, -0.2) is 0 Å². The van der Waals surface area contributed by atoms with Crippen LogP contribution in [0, 0.1) is 6.92 Å². The normalized spacial score (nSPS) is 20.9. The topological polar surface area (TPSA) is 35.2 Å². The van der Waals surface area contributed by atoms with E-state index in [-0.39, 0.29) is 6.04 Å². The standard InChI is InChI=1S/C17H25NO/c1-13-10-11-15(12-16(13)19-2)17(18)14-8-6-4-3-5-7-9-14/h8,10-12,17H,3-7,9,18H2,1-2H3/b14-8+. The molecule has 0 aliphatic heterocycles. The Labute approximate surface area is 116 Å². The Morgan fingerprint density at radius 2 is 1.95 bits per heavy atom. The van der Waals surface area contributed by atoms with Crippen LogP contribution in [0.1, 0.15) is 55.7 Å². The van der Waals surface area contributed by atoms with E-state index in [2.05, 4.69) is 31.2 Å². The van der Waals surface area contributed by atoms with Crippen LogP contribution in [-0.4, -0.2) is 7.11 Å². The van der Waals surface area contributed by atoms with Gasteiger partial charge in [0, 0.05) is 0 Å². The molecule has 2 heteroatoms. The van der Waals surface area contributed by atoms with Gasteiger partial charge in [0.2, 0.25) is 0 Å². The van der Waals surface area contributed by atoms with Crippen molar-refractivity contribution < 1.29 is 4.74 Å². The van der Waals surface area contributed by atoms with Gasteiger partial charge < -0.3 is 10.5 Å². The van der Waals surface area contributed by atoms with Crippen LogP contribution in [0.5, 0.6) is 5.75 Å². The minimum Gasteiger partial charge on any atom is -0.496 e. The van der Waals surface area contributed by atoms with Crippen LogP contribution in [0.4, 0.5) is 0 Å². The van der Waals surface area contributed by atoms with Gasteiger partial charge in [0.05, 0.1) is 13.2 Å². The summed E-state index contributed by atoms with van der Waals surface area (Å²) < 4.78 is 5.39. The van der Waals surface area contributed by atoms with Gasteiger partial charge in [-0.1, -0.05) is 36.6 Å². The predicted molar refractivity (Wildman–Crippen MR) is 80.4 cm³/mol. The van der Waals surface area contributed by atoms with Gasteiger partial charge in [-0.3, -0.25) is 0 Å². The first-order valence-electron chi connectivity index (χ1n) is 7.31. The highest BCUT2D eigenvalue weighted by molar-refractivity contribution is 5.40. The number of aryl methyl sites for hydroxylation is 1. The lowest BCUT2D eigenvalue weighted by atomic mass is 9.91. The lowest BCUT2D eigenvalue weighted by Gasteiger charge is -2.20. The maximum absolute atomic E-state index is 6.44. The minimum atomic E-state index is 0.0209. The van der Waals surface area contributed by atoms with Crippen molar-refractivity contribution in [2.45, 2.75) is 51.5 Å². The molecule has 0 saturated heterocycles. The van der Waals surface area contributed by atoms with Crippen LogP contribution >= 0.6 is 0 Å². The van der Waals surface area contributed by atoms with Crippen molar-refractivity contribution in [3.05, 3.63) is 41.0 Å². The van der Waals surface area contributed by atoms with E-state index < -0.39 is 0 Å². The summed E-state index contributed by atoms with van der Waals surface area (Å²) in [5.74, 6) is 0.930. The van der Waals surface area contributed by atoms with E-state index in [4.69, 9.17) is 10.5 Å². The van der Waals surface area contributed by atoms with Crippen LogP contribution in [0.25, 0.3) is 0 Å². The Bertz CT molecular complexity index is 451. The third-order valence-corrected chi connectivity index (χ3v) is 4.02. The van der Waals surface area contributed by atoms with Gasteiger partial charge in [0.15, 0.2) is 0 Å². The molecule has 19 heavy (non-hydrogen) atoms. The zero-order chi connectivity index (χ0) is 13.7. The maximum Gasteiger partial charge on any atom is 0.122 e. The Hall–Kier alpha value is -1.28. The van der Waals surface area contributed by atoms with Gasteiger partial charge in [-0.15, -0.1) is 0 Å². The van der Waals surface area contributed by atoms with E-state index in [9.17, 15) is 0 Å². The number of rotatable bonds is 3. The second-order valence-corrected chi connectivity index (χ2v) is 5.44. The zero-order valence-electron chi connectivity index (χ0n) is 12.1. The van der Waals surface area contributed by atoms with E-state index in [0.29, 0.717) is 0 Å². The first kappa shape index (κ1) is 14.1. The first-order valence-corrected chi connectivity index (χ1v) is 7.31. The van der Waals surface area contributed by atoms with Crippen LogP contribution in [-0.2, 0) is 0 Å². The fraction of sp³-hybridized carbons (Fsp3) is 0.529. The third kappa shape index (κ3) is 3.60. The molecule has 0 amide bonds. The lowest BCUT2D eigenvalue weighted by Crippen LogP contribution is -2.14.